The van der Waals surface area contributed by atoms with E-state index in [2.05, 4.69) is 5.32 Å². The zero-order chi connectivity index (χ0) is 30.2. The molecule has 2 amide bonds. The average molecular weight is 604 g/mol. The Hall–Kier alpha value is -3.63. The van der Waals surface area contributed by atoms with Gasteiger partial charge in [-0.1, -0.05) is 60.8 Å². The molecule has 0 spiro atoms. The fourth-order valence-corrected chi connectivity index (χ4v) is 5.72. The summed E-state index contributed by atoms with van der Waals surface area (Å²) in [7, 11) is -2.95. The normalized spacial score (nSPS) is 12.0. The molecule has 41 heavy (non-hydrogen) atoms. The molecule has 8 nitrogen and oxygen atoms in total. The molecule has 1 unspecified atom stereocenters. The molecular formula is C30H35ClFN3O5S. The predicted octanol–water partition coefficient (Wildman–Crippen LogP) is 5.33. The lowest BCUT2D eigenvalue weighted by Gasteiger charge is -2.32. The topological polar surface area (TPSA) is 96.0 Å². The van der Waals surface area contributed by atoms with Gasteiger partial charge in [-0.05, 0) is 56.7 Å². The first-order chi connectivity index (χ1) is 19.5. The fourth-order valence-electron chi connectivity index (χ4n) is 4.14. The number of rotatable bonds is 13. The first kappa shape index (κ1) is 31.9. The second-order valence-corrected chi connectivity index (χ2v) is 11.9. The second kappa shape index (κ2) is 14.3. The molecule has 0 saturated heterocycles. The molecule has 11 heteroatoms. The standard InChI is InChI=1S/C30H35ClFN3O5S/c1-5-6-17-33-30(37)22(3)34(19-23-9-7-8-10-26(23)32)29(36)20-35(27-18-24(31)13-16-28(27)40-4)41(38,39)25-14-11-21(2)12-15-25/h7-16,18,22H,5-6,17,19-20H2,1-4H3,(H,33,37). The van der Waals surface area contributed by atoms with Crippen molar-refractivity contribution in [3.63, 3.8) is 0 Å². The number of halogens is 2. The van der Waals surface area contributed by atoms with Gasteiger partial charge < -0.3 is 15.0 Å². The highest BCUT2D eigenvalue weighted by Crippen LogP contribution is 2.35. The molecular weight excluding hydrogens is 569 g/mol. The zero-order valence-electron chi connectivity index (χ0n) is 23.6. The molecule has 3 rings (SSSR count). The van der Waals surface area contributed by atoms with Crippen molar-refractivity contribution in [2.45, 2.75) is 51.1 Å². The van der Waals surface area contributed by atoms with Crippen molar-refractivity contribution in [1.29, 1.82) is 0 Å². The van der Waals surface area contributed by atoms with E-state index in [0.29, 0.717) is 6.54 Å². The highest BCUT2D eigenvalue weighted by Gasteiger charge is 2.34. The highest BCUT2D eigenvalue weighted by molar-refractivity contribution is 7.92. The molecule has 1 atom stereocenters. The lowest BCUT2D eigenvalue weighted by molar-refractivity contribution is -0.139. The minimum atomic E-state index is -4.32. The van der Waals surface area contributed by atoms with Crippen LogP contribution in [0.1, 0.15) is 37.8 Å². The predicted molar refractivity (Wildman–Crippen MR) is 158 cm³/mol. The molecule has 0 aromatic heterocycles. The number of aryl methyl sites for hydroxylation is 1. The molecule has 220 valence electrons. The monoisotopic (exact) mass is 603 g/mol. The Bertz CT molecular complexity index is 1470. The number of nitrogens with zero attached hydrogens (tertiary/aromatic N) is 2. The molecule has 1 N–H and O–H groups in total. The van der Waals surface area contributed by atoms with E-state index in [1.165, 1.54) is 67.5 Å². The Kier molecular flexibility index (Phi) is 11.1. The van der Waals surface area contributed by atoms with Crippen LogP contribution in [0.3, 0.4) is 0 Å². The number of methoxy groups -OCH3 is 1. The van der Waals surface area contributed by atoms with Crippen molar-refractivity contribution in [2.24, 2.45) is 0 Å². The van der Waals surface area contributed by atoms with Crippen molar-refractivity contribution < 1.29 is 27.1 Å². The number of carbonyl (C=O) groups is 2. The van der Waals surface area contributed by atoms with Gasteiger partial charge in [0, 0.05) is 23.7 Å². The van der Waals surface area contributed by atoms with Gasteiger partial charge in [-0.25, -0.2) is 12.8 Å². The van der Waals surface area contributed by atoms with Crippen molar-refractivity contribution in [3.05, 3.63) is 88.7 Å². The largest absolute Gasteiger partial charge is 0.495 e. The van der Waals surface area contributed by atoms with E-state index >= 15 is 0 Å². The molecule has 0 aliphatic rings. The molecule has 0 aliphatic carbocycles. The summed E-state index contributed by atoms with van der Waals surface area (Å²) >= 11 is 6.24. The Morgan fingerprint density at radius 2 is 1.76 bits per heavy atom. The smallest absolute Gasteiger partial charge is 0.264 e. The number of nitrogens with one attached hydrogen (secondary N) is 1. The van der Waals surface area contributed by atoms with E-state index in [4.69, 9.17) is 16.3 Å². The number of anilines is 1. The summed E-state index contributed by atoms with van der Waals surface area (Å²) in [5.74, 6) is -1.53. The highest BCUT2D eigenvalue weighted by atomic mass is 35.5. The van der Waals surface area contributed by atoms with Crippen LogP contribution in [0.5, 0.6) is 5.75 Å². The van der Waals surface area contributed by atoms with Crippen molar-refractivity contribution in [3.8, 4) is 5.75 Å². The van der Waals surface area contributed by atoms with Gasteiger partial charge in [0.25, 0.3) is 10.0 Å². The van der Waals surface area contributed by atoms with Gasteiger partial charge in [0.2, 0.25) is 11.8 Å². The first-order valence-electron chi connectivity index (χ1n) is 13.2. The van der Waals surface area contributed by atoms with Crippen molar-refractivity contribution in [1.82, 2.24) is 10.2 Å². The van der Waals surface area contributed by atoms with E-state index in [9.17, 15) is 22.4 Å². The van der Waals surface area contributed by atoms with Crippen LogP contribution >= 0.6 is 11.6 Å². The summed E-state index contributed by atoms with van der Waals surface area (Å²) in [6.45, 7) is 4.79. The van der Waals surface area contributed by atoms with Gasteiger partial charge in [0.05, 0.1) is 17.7 Å². The Labute approximate surface area is 246 Å². The maximum atomic E-state index is 14.7. The average Bonchev–Trinajstić information content (AvgIpc) is 2.95. The van der Waals surface area contributed by atoms with Crippen LogP contribution in [-0.4, -0.2) is 51.4 Å². The molecule has 0 bridgehead atoms. The summed E-state index contributed by atoms with van der Waals surface area (Å²) in [5.41, 5.74) is 1.08. The summed E-state index contributed by atoms with van der Waals surface area (Å²) in [6.07, 6.45) is 1.61. The number of benzene rings is 3. The Morgan fingerprint density at radius 1 is 1.07 bits per heavy atom. The SMILES string of the molecule is CCCCNC(=O)C(C)N(Cc1ccccc1F)C(=O)CN(c1cc(Cl)ccc1OC)S(=O)(=O)c1ccc(C)cc1. The van der Waals surface area contributed by atoms with E-state index < -0.39 is 40.2 Å². The van der Waals surface area contributed by atoms with Crippen LogP contribution in [0.25, 0.3) is 0 Å². The lowest BCUT2D eigenvalue weighted by atomic mass is 10.1. The molecule has 0 fully saturated rings. The number of carbonyl (C=O) groups excluding carboxylic acids is 2. The third-order valence-corrected chi connectivity index (χ3v) is 8.60. The van der Waals surface area contributed by atoms with Crippen LogP contribution in [0.2, 0.25) is 5.02 Å². The van der Waals surface area contributed by atoms with Gasteiger partial charge in [-0.15, -0.1) is 0 Å². The van der Waals surface area contributed by atoms with Gasteiger partial charge >= 0.3 is 0 Å². The molecule has 0 saturated carbocycles. The molecule has 0 radical (unpaired) electrons. The minimum absolute atomic E-state index is 0.0415. The zero-order valence-corrected chi connectivity index (χ0v) is 25.1. The second-order valence-electron chi connectivity index (χ2n) is 9.57. The van der Waals surface area contributed by atoms with Crippen molar-refractivity contribution >= 4 is 39.1 Å². The van der Waals surface area contributed by atoms with Crippen LogP contribution in [0.4, 0.5) is 10.1 Å². The third-order valence-electron chi connectivity index (χ3n) is 6.59. The van der Waals surface area contributed by atoms with E-state index in [-0.39, 0.29) is 33.5 Å². The number of hydrogen-bond acceptors (Lipinski definition) is 5. The van der Waals surface area contributed by atoms with Crippen molar-refractivity contribution in [2.75, 3.05) is 24.5 Å². The number of ether oxygens (including phenoxy) is 1. The minimum Gasteiger partial charge on any atom is -0.495 e. The summed E-state index contributed by atoms with van der Waals surface area (Å²) in [6, 6.07) is 15.5. The van der Waals surface area contributed by atoms with E-state index in [0.717, 1.165) is 22.7 Å². The van der Waals surface area contributed by atoms with Crippen LogP contribution < -0.4 is 14.4 Å². The van der Waals surface area contributed by atoms with E-state index in [1.807, 2.05) is 13.8 Å². The maximum Gasteiger partial charge on any atom is 0.264 e. The van der Waals surface area contributed by atoms with Gasteiger partial charge in [0.15, 0.2) is 0 Å². The maximum absolute atomic E-state index is 14.7. The fraction of sp³-hybridized carbons (Fsp3) is 0.333. The summed E-state index contributed by atoms with van der Waals surface area (Å²) in [5, 5.41) is 3.02. The third kappa shape index (κ3) is 7.98. The number of sulfonamides is 1. The van der Waals surface area contributed by atoms with Crippen LogP contribution in [-0.2, 0) is 26.2 Å². The number of unbranched alkanes of at least 4 members (excludes halogenated alkanes) is 1. The number of amides is 2. The molecule has 3 aromatic carbocycles. The summed E-state index contributed by atoms with van der Waals surface area (Å²) < 4.78 is 49.0. The van der Waals surface area contributed by atoms with Gasteiger partial charge in [-0.3, -0.25) is 13.9 Å². The summed E-state index contributed by atoms with van der Waals surface area (Å²) in [4.78, 5) is 28.1. The molecule has 3 aromatic rings. The van der Waals surface area contributed by atoms with E-state index in [1.54, 1.807) is 18.2 Å². The quantitative estimate of drug-likeness (QED) is 0.267. The van der Waals surface area contributed by atoms with Crippen LogP contribution in [0.15, 0.2) is 71.6 Å². The molecule has 0 aliphatic heterocycles. The van der Waals surface area contributed by atoms with Crippen LogP contribution in [0, 0.1) is 12.7 Å². The molecule has 0 heterocycles. The van der Waals surface area contributed by atoms with Gasteiger partial charge in [0.1, 0.15) is 24.2 Å². The number of hydrogen-bond donors (Lipinski definition) is 1. The Morgan fingerprint density at radius 3 is 2.39 bits per heavy atom. The first-order valence-corrected chi connectivity index (χ1v) is 15.0. The van der Waals surface area contributed by atoms with Gasteiger partial charge in [-0.2, -0.15) is 0 Å². The lowest BCUT2D eigenvalue weighted by Crippen LogP contribution is -2.51. The Balaban J connectivity index is 2.08.